The van der Waals surface area contributed by atoms with Crippen molar-refractivity contribution in [3.63, 3.8) is 0 Å². The van der Waals surface area contributed by atoms with E-state index in [2.05, 4.69) is 4.98 Å². The second kappa shape index (κ2) is 8.34. The molecule has 0 saturated heterocycles. The summed E-state index contributed by atoms with van der Waals surface area (Å²) >= 11 is 6.40. The summed E-state index contributed by atoms with van der Waals surface area (Å²) < 4.78 is 7.40. The number of rotatable bonds is 4. The lowest BCUT2D eigenvalue weighted by Gasteiger charge is -2.15. The number of fused-ring (bicyclic) bond motifs is 3. The van der Waals surface area contributed by atoms with E-state index in [-0.39, 0.29) is 18.6 Å². The monoisotopic (exact) mass is 456 g/mol. The molecule has 0 aliphatic rings. The van der Waals surface area contributed by atoms with Crippen LogP contribution in [0.5, 0.6) is 0 Å². The number of pyridine rings is 2. The molecule has 0 N–H and O–H groups in total. The summed E-state index contributed by atoms with van der Waals surface area (Å²) in [4.78, 5) is 30.2. The molecule has 0 unspecified atom stereocenters. The normalized spacial score (nSPS) is 11.4. The van der Waals surface area contributed by atoms with Crippen LogP contribution in [0.3, 0.4) is 0 Å². The molecule has 5 nitrogen and oxygen atoms in total. The molecule has 0 atom stereocenters. The lowest BCUT2D eigenvalue weighted by Crippen LogP contribution is -2.18. The molecule has 0 aliphatic carbocycles. The van der Waals surface area contributed by atoms with Crippen LogP contribution in [0, 0.1) is 13.8 Å². The summed E-state index contributed by atoms with van der Waals surface area (Å²) in [6.07, 6.45) is 0. The van der Waals surface area contributed by atoms with E-state index >= 15 is 0 Å². The second-order valence-electron chi connectivity index (χ2n) is 8.13. The molecule has 0 aliphatic heterocycles. The summed E-state index contributed by atoms with van der Waals surface area (Å²) in [6.45, 7) is 4.03. The molecular formula is C27H21ClN2O3. The van der Waals surface area contributed by atoms with Crippen molar-refractivity contribution in [2.45, 2.75) is 27.0 Å². The van der Waals surface area contributed by atoms with Crippen LogP contribution in [0.25, 0.3) is 32.7 Å². The van der Waals surface area contributed by atoms with E-state index in [0.29, 0.717) is 32.5 Å². The minimum atomic E-state index is -0.426. The molecule has 2 heterocycles. The zero-order chi connectivity index (χ0) is 23.1. The first kappa shape index (κ1) is 21.2. The van der Waals surface area contributed by atoms with Gasteiger partial charge in [0, 0.05) is 21.7 Å². The fourth-order valence-corrected chi connectivity index (χ4v) is 4.38. The molecule has 0 amide bonds. The highest BCUT2D eigenvalue weighted by atomic mass is 35.5. The highest BCUT2D eigenvalue weighted by molar-refractivity contribution is 6.30. The van der Waals surface area contributed by atoms with Crippen molar-refractivity contribution in [1.29, 1.82) is 0 Å². The maximum Gasteiger partial charge on any atom is 0.326 e. The van der Waals surface area contributed by atoms with E-state index in [1.54, 1.807) is 12.1 Å². The highest BCUT2D eigenvalue weighted by Gasteiger charge is 2.15. The quantitative estimate of drug-likeness (QED) is 0.197. The van der Waals surface area contributed by atoms with Crippen molar-refractivity contribution >= 4 is 50.3 Å². The van der Waals surface area contributed by atoms with Crippen LogP contribution in [0.2, 0.25) is 5.15 Å². The second-order valence-corrected chi connectivity index (χ2v) is 8.49. The number of benzene rings is 3. The molecule has 2 aromatic heterocycles. The topological polar surface area (TPSA) is 61.2 Å². The van der Waals surface area contributed by atoms with Gasteiger partial charge in [0.25, 0.3) is 0 Å². The third kappa shape index (κ3) is 3.74. The van der Waals surface area contributed by atoms with Crippen molar-refractivity contribution in [3.8, 4) is 0 Å². The Kier molecular flexibility index (Phi) is 5.35. The van der Waals surface area contributed by atoms with Crippen LogP contribution in [0.4, 0.5) is 0 Å². The van der Waals surface area contributed by atoms with Crippen LogP contribution >= 0.6 is 11.6 Å². The smallest absolute Gasteiger partial charge is 0.326 e. The van der Waals surface area contributed by atoms with Crippen LogP contribution in [0.1, 0.15) is 16.7 Å². The number of para-hydroxylation sites is 2. The highest BCUT2D eigenvalue weighted by Crippen LogP contribution is 2.26. The summed E-state index contributed by atoms with van der Waals surface area (Å²) in [5.74, 6) is -0.426. The number of ether oxygens (including phenoxy) is 1. The van der Waals surface area contributed by atoms with E-state index in [0.717, 1.165) is 22.0 Å². The Bertz CT molecular complexity index is 1560. The number of nitrogens with zero attached hydrogens (tertiary/aromatic N) is 2. The van der Waals surface area contributed by atoms with Crippen LogP contribution in [-0.2, 0) is 22.7 Å². The first-order valence-electron chi connectivity index (χ1n) is 10.7. The Morgan fingerprint density at radius 1 is 0.970 bits per heavy atom. The van der Waals surface area contributed by atoms with E-state index in [9.17, 15) is 9.59 Å². The summed E-state index contributed by atoms with van der Waals surface area (Å²) in [5, 5.41) is 2.40. The van der Waals surface area contributed by atoms with E-state index in [1.807, 2.05) is 73.0 Å². The summed E-state index contributed by atoms with van der Waals surface area (Å²) in [7, 11) is 0. The predicted molar refractivity (Wildman–Crippen MR) is 132 cm³/mol. The summed E-state index contributed by atoms with van der Waals surface area (Å²) in [6, 6.07) is 20.5. The first-order valence-corrected chi connectivity index (χ1v) is 11.0. The van der Waals surface area contributed by atoms with Gasteiger partial charge in [-0.3, -0.25) is 9.59 Å². The standard InChI is InChI=1S/C27H21ClN2O3/c1-16-11-12-18-13-19(27(28)29-25(18)17(16)2)15-33-24(31)14-30-22-9-5-3-7-20(22)26(32)21-8-4-6-10-23(21)30/h3-13H,14-15H2,1-2H3. The van der Waals surface area contributed by atoms with Gasteiger partial charge in [-0.25, -0.2) is 4.98 Å². The predicted octanol–water partition coefficient (Wildman–Crippen LogP) is 5.72. The fourth-order valence-electron chi connectivity index (χ4n) is 4.19. The third-order valence-corrected chi connectivity index (χ3v) is 6.42. The molecule has 0 bridgehead atoms. The minimum absolute atomic E-state index is 0.0175. The number of carbonyl (C=O) groups excluding carboxylic acids is 1. The van der Waals surface area contributed by atoms with Gasteiger partial charge in [-0.2, -0.15) is 0 Å². The molecule has 5 rings (SSSR count). The molecule has 6 heteroatoms. The zero-order valence-corrected chi connectivity index (χ0v) is 19.0. The molecule has 0 saturated carbocycles. The third-order valence-electron chi connectivity index (χ3n) is 6.09. The van der Waals surface area contributed by atoms with Crippen molar-refractivity contribution in [2.75, 3.05) is 0 Å². The van der Waals surface area contributed by atoms with E-state index in [1.165, 1.54) is 0 Å². The molecule has 0 radical (unpaired) electrons. The average Bonchev–Trinajstić information content (AvgIpc) is 2.83. The molecule has 3 aromatic carbocycles. The van der Waals surface area contributed by atoms with Crippen molar-refractivity contribution in [1.82, 2.24) is 9.55 Å². The maximum absolute atomic E-state index is 12.9. The Balaban J connectivity index is 1.45. The van der Waals surface area contributed by atoms with Crippen LogP contribution in [0.15, 0.2) is 71.5 Å². The van der Waals surface area contributed by atoms with Crippen LogP contribution < -0.4 is 5.43 Å². The van der Waals surface area contributed by atoms with E-state index in [4.69, 9.17) is 16.3 Å². The Labute approximate surface area is 195 Å². The lowest BCUT2D eigenvalue weighted by atomic mass is 10.0. The fraction of sp³-hybridized carbons (Fsp3) is 0.148. The van der Waals surface area contributed by atoms with Crippen molar-refractivity contribution in [3.05, 3.63) is 98.8 Å². The number of aromatic nitrogens is 2. The largest absolute Gasteiger partial charge is 0.459 e. The first-order chi connectivity index (χ1) is 15.9. The number of halogens is 1. The molecule has 0 fully saturated rings. The molecule has 5 aromatic rings. The summed E-state index contributed by atoms with van der Waals surface area (Å²) in [5.41, 5.74) is 5.05. The van der Waals surface area contributed by atoms with Gasteiger partial charge >= 0.3 is 5.97 Å². The Hall–Kier alpha value is -3.70. The number of aryl methyl sites for hydroxylation is 2. The van der Waals surface area contributed by atoms with Gasteiger partial charge in [0.15, 0.2) is 5.43 Å². The molecule has 33 heavy (non-hydrogen) atoms. The van der Waals surface area contributed by atoms with Gasteiger partial charge in [0.1, 0.15) is 18.3 Å². The number of hydrogen-bond acceptors (Lipinski definition) is 4. The van der Waals surface area contributed by atoms with Crippen LogP contribution in [-0.4, -0.2) is 15.5 Å². The zero-order valence-electron chi connectivity index (χ0n) is 18.3. The lowest BCUT2D eigenvalue weighted by molar-refractivity contribution is -0.145. The van der Waals surface area contributed by atoms with Crippen molar-refractivity contribution < 1.29 is 9.53 Å². The van der Waals surface area contributed by atoms with E-state index < -0.39 is 5.97 Å². The SMILES string of the molecule is Cc1ccc2cc(COC(=O)Cn3c4ccccc4c(=O)c4ccccc43)c(Cl)nc2c1C. The molecular weight excluding hydrogens is 436 g/mol. The van der Waals surface area contributed by atoms with Gasteiger partial charge in [0.2, 0.25) is 0 Å². The Morgan fingerprint density at radius 3 is 2.27 bits per heavy atom. The van der Waals surface area contributed by atoms with Gasteiger partial charge in [-0.05, 0) is 55.3 Å². The molecule has 164 valence electrons. The average molecular weight is 457 g/mol. The number of hydrogen-bond donors (Lipinski definition) is 0. The maximum atomic E-state index is 12.9. The number of carbonyl (C=O) groups is 1. The van der Waals surface area contributed by atoms with Gasteiger partial charge < -0.3 is 9.30 Å². The van der Waals surface area contributed by atoms with Gasteiger partial charge in [-0.1, -0.05) is 48.0 Å². The van der Waals surface area contributed by atoms with Gasteiger partial charge in [-0.15, -0.1) is 0 Å². The molecule has 0 spiro atoms. The van der Waals surface area contributed by atoms with Crippen molar-refractivity contribution in [2.24, 2.45) is 0 Å². The number of esters is 1. The minimum Gasteiger partial charge on any atom is -0.459 e. The van der Waals surface area contributed by atoms with Gasteiger partial charge in [0.05, 0.1) is 16.6 Å². The Morgan fingerprint density at radius 2 is 1.61 bits per heavy atom.